The molecule has 0 unspecified atom stereocenters. The Morgan fingerprint density at radius 3 is 2.25 bits per heavy atom. The van der Waals surface area contributed by atoms with Gasteiger partial charge in [-0.25, -0.2) is 4.98 Å². The third kappa shape index (κ3) is 3.94. The van der Waals surface area contributed by atoms with Crippen LogP contribution in [-0.2, 0) is 6.42 Å². The molecule has 2 aromatic carbocycles. The molecule has 0 N–H and O–H groups in total. The van der Waals surface area contributed by atoms with Crippen molar-refractivity contribution in [1.82, 2.24) is 9.88 Å². The van der Waals surface area contributed by atoms with Crippen molar-refractivity contribution < 1.29 is 4.79 Å². The molecular weight excluding hydrogens is 366 g/mol. The first kappa shape index (κ1) is 18.7. The van der Waals surface area contributed by atoms with Crippen LogP contribution in [0.4, 0.5) is 5.13 Å². The van der Waals surface area contributed by atoms with E-state index in [9.17, 15) is 4.79 Å². The number of nitrogens with zero attached hydrogens (tertiary/aromatic N) is 3. The van der Waals surface area contributed by atoms with E-state index in [0.29, 0.717) is 0 Å². The number of carbonyl (C=O) groups is 1. The molecule has 4 nitrogen and oxygen atoms in total. The minimum Gasteiger partial charge on any atom is -0.345 e. The van der Waals surface area contributed by atoms with Gasteiger partial charge in [-0.05, 0) is 18.6 Å². The molecule has 0 bridgehead atoms. The van der Waals surface area contributed by atoms with Crippen molar-refractivity contribution in [2.45, 2.75) is 19.8 Å². The van der Waals surface area contributed by atoms with Gasteiger partial charge in [0.05, 0.1) is 5.69 Å². The number of anilines is 1. The maximum absolute atomic E-state index is 12.7. The van der Waals surface area contributed by atoms with Crippen LogP contribution in [0, 0.1) is 0 Å². The van der Waals surface area contributed by atoms with Crippen molar-refractivity contribution in [3.05, 3.63) is 71.1 Å². The third-order valence-corrected chi connectivity index (χ3v) is 6.24. The number of hydrogen-bond acceptors (Lipinski definition) is 4. The molecule has 1 fully saturated rings. The van der Waals surface area contributed by atoms with Crippen LogP contribution < -0.4 is 4.90 Å². The monoisotopic (exact) mass is 391 g/mol. The minimum absolute atomic E-state index is 0.121. The average molecular weight is 392 g/mol. The normalized spacial score (nSPS) is 14.3. The summed E-state index contributed by atoms with van der Waals surface area (Å²) >= 11 is 1.80. The van der Waals surface area contributed by atoms with Crippen LogP contribution in [0.5, 0.6) is 0 Å². The molecule has 1 amide bonds. The summed E-state index contributed by atoms with van der Waals surface area (Å²) in [5, 5.41) is 1.08. The van der Waals surface area contributed by atoms with Crippen LogP contribution >= 0.6 is 11.3 Å². The van der Waals surface area contributed by atoms with Crippen molar-refractivity contribution in [3.63, 3.8) is 0 Å². The van der Waals surface area contributed by atoms with Gasteiger partial charge in [0.15, 0.2) is 5.13 Å². The Balaban J connectivity index is 1.48. The van der Waals surface area contributed by atoms with E-state index in [1.807, 2.05) is 41.3 Å². The number of rotatable bonds is 5. The Morgan fingerprint density at radius 1 is 0.964 bits per heavy atom. The predicted octanol–water partition coefficient (Wildman–Crippen LogP) is 4.73. The van der Waals surface area contributed by atoms with Crippen molar-refractivity contribution in [2.75, 3.05) is 31.1 Å². The smallest absolute Gasteiger partial charge is 0.253 e. The fraction of sp³-hybridized carbons (Fsp3) is 0.304. The van der Waals surface area contributed by atoms with E-state index in [4.69, 9.17) is 4.98 Å². The highest BCUT2D eigenvalue weighted by atomic mass is 32.1. The first-order chi connectivity index (χ1) is 13.8. The first-order valence-corrected chi connectivity index (χ1v) is 10.7. The van der Waals surface area contributed by atoms with Gasteiger partial charge in [0.25, 0.3) is 5.91 Å². The number of aryl methyl sites for hydroxylation is 1. The summed E-state index contributed by atoms with van der Waals surface area (Å²) in [4.78, 5) is 23.3. The fourth-order valence-corrected chi connectivity index (χ4v) is 4.79. The Bertz CT molecular complexity index is 916. The lowest BCUT2D eigenvalue weighted by Gasteiger charge is -2.34. The molecule has 0 spiro atoms. The highest BCUT2D eigenvalue weighted by molar-refractivity contribution is 7.16. The molecule has 3 aromatic rings. The highest BCUT2D eigenvalue weighted by Crippen LogP contribution is 2.34. The second-order valence-electron chi connectivity index (χ2n) is 7.03. The minimum atomic E-state index is 0.121. The summed E-state index contributed by atoms with van der Waals surface area (Å²) in [6, 6.07) is 20.0. The van der Waals surface area contributed by atoms with Crippen molar-refractivity contribution in [3.8, 4) is 11.3 Å². The number of amides is 1. The number of aromatic nitrogens is 1. The molecule has 0 atom stereocenters. The number of carbonyl (C=O) groups excluding carboxylic acids is 1. The topological polar surface area (TPSA) is 36.4 Å². The number of hydrogen-bond donors (Lipinski definition) is 0. The van der Waals surface area contributed by atoms with Gasteiger partial charge < -0.3 is 9.80 Å². The Labute approximate surface area is 170 Å². The largest absolute Gasteiger partial charge is 0.345 e. The molecule has 0 saturated carbocycles. The number of piperazine rings is 1. The molecule has 1 aromatic heterocycles. The van der Waals surface area contributed by atoms with Gasteiger partial charge in [0, 0.05) is 42.2 Å². The van der Waals surface area contributed by atoms with Crippen LogP contribution in [0.3, 0.4) is 0 Å². The molecule has 5 heteroatoms. The molecule has 1 aliphatic heterocycles. The Hall–Kier alpha value is -2.66. The molecule has 0 radical (unpaired) electrons. The Kier molecular flexibility index (Phi) is 5.72. The summed E-state index contributed by atoms with van der Waals surface area (Å²) in [6.07, 6.45) is 2.16. The summed E-state index contributed by atoms with van der Waals surface area (Å²) in [6.45, 7) is 5.33. The molecule has 28 heavy (non-hydrogen) atoms. The van der Waals surface area contributed by atoms with E-state index < -0.39 is 0 Å². The predicted molar refractivity (Wildman–Crippen MR) is 116 cm³/mol. The van der Waals surface area contributed by atoms with Crippen LogP contribution in [0.25, 0.3) is 11.3 Å². The van der Waals surface area contributed by atoms with Crippen LogP contribution in [0.2, 0.25) is 0 Å². The quantitative estimate of drug-likeness (QED) is 0.631. The zero-order chi connectivity index (χ0) is 19.3. The van der Waals surface area contributed by atoms with E-state index in [1.54, 1.807) is 11.3 Å². The molecule has 4 rings (SSSR count). The first-order valence-electron chi connectivity index (χ1n) is 9.90. The summed E-state index contributed by atoms with van der Waals surface area (Å²) < 4.78 is 0. The van der Waals surface area contributed by atoms with Gasteiger partial charge in [-0.3, -0.25) is 4.79 Å². The second kappa shape index (κ2) is 8.57. The average Bonchev–Trinajstić information content (AvgIpc) is 3.19. The van der Waals surface area contributed by atoms with E-state index >= 15 is 0 Å². The number of thiazole rings is 1. The zero-order valence-corrected chi connectivity index (χ0v) is 17.0. The zero-order valence-electron chi connectivity index (χ0n) is 16.2. The van der Waals surface area contributed by atoms with Gasteiger partial charge >= 0.3 is 0 Å². The van der Waals surface area contributed by atoms with Crippen molar-refractivity contribution >= 4 is 22.4 Å². The number of benzene rings is 2. The Morgan fingerprint density at radius 2 is 1.61 bits per heavy atom. The van der Waals surface area contributed by atoms with Crippen molar-refractivity contribution in [1.29, 1.82) is 0 Å². The molecule has 1 aliphatic rings. The summed E-state index contributed by atoms with van der Waals surface area (Å²) in [7, 11) is 0. The van der Waals surface area contributed by atoms with E-state index in [-0.39, 0.29) is 5.91 Å². The van der Waals surface area contributed by atoms with Crippen molar-refractivity contribution in [2.24, 2.45) is 0 Å². The van der Waals surface area contributed by atoms with Crippen LogP contribution in [0.1, 0.15) is 28.6 Å². The molecule has 1 saturated heterocycles. The highest BCUT2D eigenvalue weighted by Gasteiger charge is 2.25. The maximum Gasteiger partial charge on any atom is 0.253 e. The van der Waals surface area contributed by atoms with Gasteiger partial charge in [0.2, 0.25) is 0 Å². The summed E-state index contributed by atoms with van der Waals surface area (Å²) in [5.41, 5.74) is 3.07. The second-order valence-corrected chi connectivity index (χ2v) is 8.09. The van der Waals surface area contributed by atoms with Gasteiger partial charge in [-0.2, -0.15) is 0 Å². The van der Waals surface area contributed by atoms with Gasteiger partial charge in [0.1, 0.15) is 0 Å². The maximum atomic E-state index is 12.7. The standard InChI is InChI=1S/C23H25N3OS/c1-2-9-20-21(18-10-5-3-6-11-18)24-23(28-20)26-16-14-25(15-17-26)22(27)19-12-7-4-8-13-19/h3-8,10-13H,2,9,14-17H2,1H3. The molecule has 2 heterocycles. The lowest BCUT2D eigenvalue weighted by molar-refractivity contribution is 0.0747. The van der Waals surface area contributed by atoms with Crippen LogP contribution in [0.15, 0.2) is 60.7 Å². The molecular formula is C23H25N3OS. The molecule has 144 valence electrons. The SMILES string of the molecule is CCCc1sc(N2CCN(C(=O)c3ccccc3)CC2)nc1-c1ccccc1. The van der Waals surface area contributed by atoms with Gasteiger partial charge in [-0.1, -0.05) is 61.9 Å². The van der Waals surface area contributed by atoms with E-state index in [0.717, 1.165) is 55.4 Å². The third-order valence-electron chi connectivity index (χ3n) is 5.07. The van der Waals surface area contributed by atoms with Gasteiger partial charge in [-0.15, -0.1) is 11.3 Å². The van der Waals surface area contributed by atoms with E-state index in [2.05, 4.69) is 36.1 Å². The lowest BCUT2D eigenvalue weighted by Crippen LogP contribution is -2.48. The lowest BCUT2D eigenvalue weighted by atomic mass is 10.1. The van der Waals surface area contributed by atoms with Crippen LogP contribution in [-0.4, -0.2) is 42.0 Å². The van der Waals surface area contributed by atoms with E-state index in [1.165, 1.54) is 10.4 Å². The summed E-state index contributed by atoms with van der Waals surface area (Å²) in [5.74, 6) is 0.121. The fourth-order valence-electron chi connectivity index (χ4n) is 3.56. The molecule has 0 aliphatic carbocycles.